The minimum absolute atomic E-state index is 0.171. The first-order valence-corrected chi connectivity index (χ1v) is 15.1. The van der Waals surface area contributed by atoms with E-state index in [4.69, 9.17) is 30.3 Å². The molecule has 0 saturated carbocycles. The summed E-state index contributed by atoms with van der Waals surface area (Å²) in [6, 6.07) is 11.7. The molecule has 0 aliphatic carbocycles. The molecule has 0 bridgehead atoms. The van der Waals surface area contributed by atoms with Crippen molar-refractivity contribution in [1.29, 1.82) is 0 Å². The van der Waals surface area contributed by atoms with Crippen LogP contribution in [0.4, 0.5) is 10.6 Å². The zero-order chi connectivity index (χ0) is 30.9. The summed E-state index contributed by atoms with van der Waals surface area (Å²) in [5, 5.41) is 8.72. The summed E-state index contributed by atoms with van der Waals surface area (Å²) >= 11 is 0. The Labute approximate surface area is 256 Å². The summed E-state index contributed by atoms with van der Waals surface area (Å²) in [6.07, 6.45) is 8.18. The van der Waals surface area contributed by atoms with Crippen LogP contribution in [0.5, 0.6) is 0 Å². The van der Waals surface area contributed by atoms with Gasteiger partial charge in [0.25, 0.3) is 0 Å². The SMILES string of the molecule is CC(C)(C)OC(=O)NC1(C(N)=O)CCN(c2cccc(-c3nn(C4CCCCO4)c4cnc(-c5cccnc5)cc34)n2)CC1. The van der Waals surface area contributed by atoms with Crippen LogP contribution in [0.15, 0.2) is 55.0 Å². The molecule has 44 heavy (non-hydrogen) atoms. The number of nitrogens with two attached hydrogens (primary N) is 1. The van der Waals surface area contributed by atoms with Gasteiger partial charge in [-0.05, 0) is 83.2 Å². The van der Waals surface area contributed by atoms with Crippen LogP contribution in [0.25, 0.3) is 33.5 Å². The van der Waals surface area contributed by atoms with Crippen molar-refractivity contribution < 1.29 is 19.1 Å². The third-order valence-corrected chi connectivity index (χ3v) is 8.11. The van der Waals surface area contributed by atoms with Gasteiger partial charge in [-0.15, -0.1) is 0 Å². The fourth-order valence-electron chi connectivity index (χ4n) is 5.81. The first-order valence-electron chi connectivity index (χ1n) is 15.1. The number of hydrogen-bond acceptors (Lipinski definition) is 9. The predicted octanol–water partition coefficient (Wildman–Crippen LogP) is 4.60. The number of aromatic nitrogens is 5. The summed E-state index contributed by atoms with van der Waals surface area (Å²) < 4.78 is 13.4. The van der Waals surface area contributed by atoms with Crippen molar-refractivity contribution in [3.63, 3.8) is 0 Å². The van der Waals surface area contributed by atoms with Crippen LogP contribution in [-0.2, 0) is 14.3 Å². The number of piperidine rings is 1. The van der Waals surface area contributed by atoms with Crippen molar-refractivity contribution in [2.24, 2.45) is 5.73 Å². The fraction of sp³-hybridized carbons (Fsp3) is 0.438. The highest BCUT2D eigenvalue weighted by Crippen LogP contribution is 2.35. The number of amides is 2. The van der Waals surface area contributed by atoms with E-state index in [0.717, 1.165) is 52.9 Å². The van der Waals surface area contributed by atoms with Crippen molar-refractivity contribution in [3.8, 4) is 22.6 Å². The van der Waals surface area contributed by atoms with Crippen LogP contribution in [-0.4, -0.2) is 67.6 Å². The van der Waals surface area contributed by atoms with Gasteiger partial charge in [0, 0.05) is 43.0 Å². The topological polar surface area (TPSA) is 150 Å². The molecular weight excluding hydrogens is 560 g/mol. The van der Waals surface area contributed by atoms with Gasteiger partial charge in [0.2, 0.25) is 5.91 Å². The van der Waals surface area contributed by atoms with E-state index in [1.807, 2.05) is 47.3 Å². The Balaban J connectivity index is 1.30. The molecule has 230 valence electrons. The Kier molecular flexibility index (Phi) is 7.93. The van der Waals surface area contributed by atoms with Gasteiger partial charge < -0.3 is 25.4 Å². The number of nitrogens with zero attached hydrogens (tertiary/aromatic N) is 6. The van der Waals surface area contributed by atoms with E-state index in [0.29, 0.717) is 38.2 Å². The predicted molar refractivity (Wildman–Crippen MR) is 166 cm³/mol. The van der Waals surface area contributed by atoms with Gasteiger partial charge in [-0.1, -0.05) is 6.07 Å². The second-order valence-electron chi connectivity index (χ2n) is 12.4. The summed E-state index contributed by atoms with van der Waals surface area (Å²) in [4.78, 5) is 41.2. The van der Waals surface area contributed by atoms with Crippen LogP contribution in [0, 0.1) is 0 Å². The average Bonchev–Trinajstić information content (AvgIpc) is 3.40. The molecule has 4 aromatic rings. The van der Waals surface area contributed by atoms with E-state index in [2.05, 4.69) is 15.2 Å². The van der Waals surface area contributed by atoms with Crippen molar-refractivity contribution >= 4 is 28.7 Å². The average molecular weight is 599 g/mol. The van der Waals surface area contributed by atoms with Gasteiger partial charge in [-0.3, -0.25) is 14.8 Å². The number of hydrogen-bond donors (Lipinski definition) is 2. The lowest BCUT2D eigenvalue weighted by molar-refractivity contribution is -0.125. The maximum atomic E-state index is 12.5. The fourth-order valence-corrected chi connectivity index (χ4v) is 5.81. The lowest BCUT2D eigenvalue weighted by Crippen LogP contribution is -2.63. The number of anilines is 1. The van der Waals surface area contributed by atoms with Gasteiger partial charge in [0.1, 0.15) is 22.7 Å². The maximum Gasteiger partial charge on any atom is 0.408 e. The molecule has 12 nitrogen and oxygen atoms in total. The first-order chi connectivity index (χ1) is 21.1. The molecular formula is C32H38N8O4. The summed E-state index contributed by atoms with van der Waals surface area (Å²) in [6.45, 7) is 6.95. The number of primary amides is 1. The molecule has 2 amide bonds. The van der Waals surface area contributed by atoms with E-state index in [1.54, 1.807) is 33.2 Å². The minimum atomic E-state index is -1.19. The molecule has 2 saturated heterocycles. The van der Waals surface area contributed by atoms with Crippen molar-refractivity contribution in [3.05, 3.63) is 55.0 Å². The number of ether oxygens (including phenoxy) is 2. The number of alkyl carbamates (subject to hydrolysis) is 1. The maximum absolute atomic E-state index is 12.5. The first kappa shape index (κ1) is 29.5. The van der Waals surface area contributed by atoms with E-state index >= 15 is 0 Å². The van der Waals surface area contributed by atoms with E-state index < -0.39 is 23.1 Å². The second kappa shape index (κ2) is 11.8. The zero-order valence-electron chi connectivity index (χ0n) is 25.3. The molecule has 2 fully saturated rings. The molecule has 0 spiro atoms. The summed E-state index contributed by atoms with van der Waals surface area (Å²) in [5.41, 5.74) is 7.94. The molecule has 0 radical (unpaired) electrons. The van der Waals surface area contributed by atoms with E-state index in [9.17, 15) is 9.59 Å². The highest BCUT2D eigenvalue weighted by atomic mass is 16.6. The van der Waals surface area contributed by atoms with E-state index in [1.165, 1.54) is 0 Å². The third kappa shape index (κ3) is 6.07. The number of rotatable bonds is 6. The van der Waals surface area contributed by atoms with Crippen LogP contribution in [0.2, 0.25) is 0 Å². The van der Waals surface area contributed by atoms with Gasteiger partial charge in [-0.2, -0.15) is 5.10 Å². The lowest BCUT2D eigenvalue weighted by atomic mass is 9.86. The van der Waals surface area contributed by atoms with Gasteiger partial charge in [-0.25, -0.2) is 14.5 Å². The van der Waals surface area contributed by atoms with E-state index in [-0.39, 0.29) is 6.23 Å². The van der Waals surface area contributed by atoms with Crippen LogP contribution in [0.1, 0.15) is 59.1 Å². The quantitative estimate of drug-likeness (QED) is 0.324. The van der Waals surface area contributed by atoms with Gasteiger partial charge >= 0.3 is 6.09 Å². The van der Waals surface area contributed by atoms with Crippen LogP contribution < -0.4 is 16.0 Å². The summed E-state index contributed by atoms with van der Waals surface area (Å²) in [7, 11) is 0. The number of nitrogens with one attached hydrogen (secondary N) is 1. The van der Waals surface area contributed by atoms with Crippen LogP contribution >= 0.6 is 0 Å². The zero-order valence-corrected chi connectivity index (χ0v) is 25.3. The molecule has 2 aliphatic rings. The Morgan fingerprint density at radius 2 is 1.91 bits per heavy atom. The Morgan fingerprint density at radius 1 is 1.09 bits per heavy atom. The van der Waals surface area contributed by atoms with Crippen LogP contribution in [0.3, 0.4) is 0 Å². The highest BCUT2D eigenvalue weighted by Gasteiger charge is 2.42. The monoisotopic (exact) mass is 598 g/mol. The summed E-state index contributed by atoms with van der Waals surface area (Å²) in [5.74, 6) is 0.167. The Bertz CT molecular complexity index is 1650. The smallest absolute Gasteiger partial charge is 0.408 e. The molecule has 1 unspecified atom stereocenters. The van der Waals surface area contributed by atoms with Gasteiger partial charge in [0.05, 0.1) is 23.1 Å². The van der Waals surface area contributed by atoms with Gasteiger partial charge in [0.15, 0.2) is 6.23 Å². The molecule has 3 N–H and O–H groups in total. The number of pyridine rings is 3. The lowest BCUT2D eigenvalue weighted by Gasteiger charge is -2.40. The normalized spacial score (nSPS) is 18.6. The molecule has 1 atom stereocenters. The molecule has 6 heterocycles. The standard InChI is InChI=1S/C32H38N8O4/c1-31(2,3)44-30(42)37-32(29(33)41)12-15-39(16-13-32)26-10-6-9-23(36-26)28-22-18-24(21-8-7-14-34-19-21)35-20-25(22)40(38-28)27-11-4-5-17-43-27/h6-10,14,18-20,27H,4-5,11-13,15-17H2,1-3H3,(H2,33,41)(H,37,42). The number of fused-ring (bicyclic) bond motifs is 1. The van der Waals surface area contributed by atoms with Crippen molar-refractivity contribution in [2.75, 3.05) is 24.6 Å². The largest absolute Gasteiger partial charge is 0.444 e. The van der Waals surface area contributed by atoms with Crippen molar-refractivity contribution in [2.45, 2.75) is 70.2 Å². The Hall–Kier alpha value is -4.58. The minimum Gasteiger partial charge on any atom is -0.444 e. The number of carbonyl (C=O) groups is 2. The molecule has 6 rings (SSSR count). The molecule has 2 aliphatic heterocycles. The number of carbonyl (C=O) groups excluding carboxylic acids is 2. The Morgan fingerprint density at radius 3 is 2.59 bits per heavy atom. The van der Waals surface area contributed by atoms with Crippen molar-refractivity contribution in [1.82, 2.24) is 30.0 Å². The third-order valence-electron chi connectivity index (χ3n) is 8.11. The molecule has 0 aromatic carbocycles. The molecule has 4 aromatic heterocycles. The molecule has 12 heteroatoms. The highest BCUT2D eigenvalue weighted by molar-refractivity contribution is 5.94. The second-order valence-corrected chi connectivity index (χ2v) is 12.4.